The summed E-state index contributed by atoms with van der Waals surface area (Å²) in [7, 11) is 0. The van der Waals surface area contributed by atoms with Crippen LogP contribution in [0.2, 0.25) is 0 Å². The number of fused-ring (bicyclic) bond motifs is 1. The third-order valence-corrected chi connectivity index (χ3v) is 6.87. The first-order valence-electron chi connectivity index (χ1n) is 12.8. The average molecular weight is 521 g/mol. The van der Waals surface area contributed by atoms with Crippen molar-refractivity contribution >= 4 is 17.0 Å². The second kappa shape index (κ2) is 9.90. The summed E-state index contributed by atoms with van der Waals surface area (Å²) < 4.78 is 3.37. The molecule has 1 atom stereocenters. The number of pyridine rings is 2. The van der Waals surface area contributed by atoms with Gasteiger partial charge in [-0.1, -0.05) is 13.0 Å². The van der Waals surface area contributed by atoms with E-state index in [0.717, 1.165) is 53.7 Å². The summed E-state index contributed by atoms with van der Waals surface area (Å²) in [6.07, 6.45) is 2.89. The molecular weight excluding hydrogens is 492 g/mol. The highest BCUT2D eigenvalue weighted by molar-refractivity contribution is 5.79. The Kier molecular flexibility index (Phi) is 6.26. The maximum Gasteiger partial charge on any atom is 0.163 e. The first-order chi connectivity index (χ1) is 18.9. The molecule has 5 aromatic rings. The Balaban J connectivity index is 1.26. The standard InChI is InChI=1S/C28H28N10O/c1-17-13-36(14-17)15-21-5-9-27(34-33-21)31-20-4-8-26-24(12-30-37(26)16-20)25-7-6-23(19(3)39)28(32-25)38-18(2)10-22(11-29)35-38/h4-10,12,16-17,19,39H,13-15H2,1-3H3,(H,31,34). The number of hydrogen-bond acceptors (Lipinski definition) is 9. The number of aryl methyl sites for hydroxylation is 1. The van der Waals surface area contributed by atoms with Crippen molar-refractivity contribution in [1.82, 2.24) is 39.5 Å². The molecule has 0 spiro atoms. The molecule has 39 heavy (non-hydrogen) atoms. The van der Waals surface area contributed by atoms with E-state index in [0.29, 0.717) is 22.9 Å². The number of nitrogens with zero attached hydrogens (tertiary/aromatic N) is 9. The van der Waals surface area contributed by atoms with Crippen LogP contribution in [-0.2, 0) is 6.54 Å². The summed E-state index contributed by atoms with van der Waals surface area (Å²) in [5.41, 5.74) is 5.81. The van der Waals surface area contributed by atoms with E-state index >= 15 is 0 Å². The smallest absolute Gasteiger partial charge is 0.163 e. The summed E-state index contributed by atoms with van der Waals surface area (Å²) in [5, 5.41) is 40.5. The SMILES string of the molecule is Cc1cc(C#N)nn1-c1nc(-c2cnn3cc(Nc4ccc(CN5CC(C)C5)nn4)ccc23)ccc1C(C)O. The number of rotatable bonds is 7. The van der Waals surface area contributed by atoms with E-state index in [1.165, 1.54) is 0 Å². The lowest BCUT2D eigenvalue weighted by atomic mass is 10.0. The zero-order valence-corrected chi connectivity index (χ0v) is 21.9. The molecule has 0 aliphatic carbocycles. The van der Waals surface area contributed by atoms with E-state index in [-0.39, 0.29) is 5.69 Å². The molecule has 1 unspecified atom stereocenters. The van der Waals surface area contributed by atoms with E-state index < -0.39 is 6.10 Å². The van der Waals surface area contributed by atoms with Crippen molar-refractivity contribution in [2.24, 2.45) is 5.92 Å². The Morgan fingerprint density at radius 3 is 2.69 bits per heavy atom. The van der Waals surface area contributed by atoms with E-state index in [1.54, 1.807) is 28.4 Å². The van der Waals surface area contributed by atoms with Gasteiger partial charge in [-0.2, -0.15) is 20.6 Å². The molecule has 1 aliphatic heterocycles. The number of aromatic nitrogens is 7. The molecule has 1 aliphatic rings. The van der Waals surface area contributed by atoms with Crippen molar-refractivity contribution in [1.29, 1.82) is 5.26 Å². The average Bonchev–Trinajstić information content (AvgIpc) is 3.51. The minimum atomic E-state index is -0.759. The molecule has 2 N–H and O–H groups in total. The van der Waals surface area contributed by atoms with Gasteiger partial charge < -0.3 is 10.4 Å². The summed E-state index contributed by atoms with van der Waals surface area (Å²) in [6.45, 7) is 8.83. The summed E-state index contributed by atoms with van der Waals surface area (Å²) in [5.74, 6) is 1.90. The van der Waals surface area contributed by atoms with Gasteiger partial charge in [-0.05, 0) is 56.2 Å². The van der Waals surface area contributed by atoms with Gasteiger partial charge in [0.25, 0.3) is 0 Å². The van der Waals surface area contributed by atoms with Gasteiger partial charge in [-0.25, -0.2) is 14.2 Å². The van der Waals surface area contributed by atoms with Crippen LogP contribution in [0.4, 0.5) is 11.5 Å². The number of hydrogen-bond donors (Lipinski definition) is 2. The van der Waals surface area contributed by atoms with E-state index in [2.05, 4.69) is 43.6 Å². The Hall–Kier alpha value is -4.66. The normalized spacial score (nSPS) is 14.7. The van der Waals surface area contributed by atoms with Crippen LogP contribution < -0.4 is 5.32 Å². The number of nitriles is 1. The third kappa shape index (κ3) is 4.83. The van der Waals surface area contributed by atoms with Crippen LogP contribution >= 0.6 is 0 Å². The van der Waals surface area contributed by atoms with Crippen molar-refractivity contribution in [3.8, 4) is 23.1 Å². The van der Waals surface area contributed by atoms with Crippen molar-refractivity contribution in [2.75, 3.05) is 18.4 Å². The zero-order chi connectivity index (χ0) is 27.1. The van der Waals surface area contributed by atoms with E-state index in [4.69, 9.17) is 4.98 Å². The molecule has 11 nitrogen and oxygen atoms in total. The van der Waals surface area contributed by atoms with Gasteiger partial charge in [-0.15, -0.1) is 5.10 Å². The highest BCUT2D eigenvalue weighted by Crippen LogP contribution is 2.29. The van der Waals surface area contributed by atoms with Crippen LogP contribution in [0.25, 0.3) is 22.6 Å². The number of nitrogens with one attached hydrogen (secondary N) is 1. The lowest BCUT2D eigenvalue weighted by Gasteiger charge is -2.36. The van der Waals surface area contributed by atoms with Gasteiger partial charge in [0, 0.05) is 36.5 Å². The lowest BCUT2D eigenvalue weighted by Crippen LogP contribution is -2.44. The monoisotopic (exact) mass is 520 g/mol. The summed E-state index contributed by atoms with van der Waals surface area (Å²) >= 11 is 0. The first kappa shape index (κ1) is 24.7. The maximum atomic E-state index is 10.4. The number of likely N-dealkylation sites (tertiary alicyclic amines) is 1. The van der Waals surface area contributed by atoms with Gasteiger partial charge in [0.2, 0.25) is 0 Å². The maximum absolute atomic E-state index is 10.4. The quantitative estimate of drug-likeness (QED) is 0.329. The zero-order valence-electron chi connectivity index (χ0n) is 21.9. The van der Waals surface area contributed by atoms with Gasteiger partial charge in [0.05, 0.1) is 41.1 Å². The number of aliphatic hydroxyl groups excluding tert-OH is 1. The van der Waals surface area contributed by atoms with Crippen LogP contribution in [0.15, 0.2) is 54.9 Å². The van der Waals surface area contributed by atoms with Crippen LogP contribution in [0.5, 0.6) is 0 Å². The molecule has 11 heteroatoms. The molecule has 0 radical (unpaired) electrons. The Bertz CT molecular complexity index is 1690. The lowest BCUT2D eigenvalue weighted by molar-refractivity contribution is 0.103. The van der Waals surface area contributed by atoms with Crippen molar-refractivity contribution in [3.05, 3.63) is 77.5 Å². The van der Waals surface area contributed by atoms with Crippen molar-refractivity contribution in [3.63, 3.8) is 0 Å². The molecular formula is C28H28N10O. The fourth-order valence-electron chi connectivity index (χ4n) is 4.95. The van der Waals surface area contributed by atoms with Crippen LogP contribution in [0.1, 0.15) is 42.6 Å². The largest absolute Gasteiger partial charge is 0.389 e. The number of anilines is 2. The first-order valence-corrected chi connectivity index (χ1v) is 12.8. The molecule has 0 aromatic carbocycles. The van der Waals surface area contributed by atoms with Crippen molar-refractivity contribution in [2.45, 2.75) is 33.4 Å². The van der Waals surface area contributed by atoms with Gasteiger partial charge in [0.1, 0.15) is 6.07 Å². The van der Waals surface area contributed by atoms with Gasteiger partial charge in [-0.3, -0.25) is 4.90 Å². The molecule has 196 valence electrons. The fraction of sp³-hybridized carbons (Fsp3) is 0.286. The minimum absolute atomic E-state index is 0.289. The molecule has 5 aromatic heterocycles. The molecule has 6 rings (SSSR count). The second-order valence-corrected chi connectivity index (χ2v) is 10.1. The molecule has 6 heterocycles. The predicted molar refractivity (Wildman–Crippen MR) is 145 cm³/mol. The Morgan fingerprint density at radius 1 is 1.15 bits per heavy atom. The molecule has 1 fully saturated rings. The third-order valence-electron chi connectivity index (χ3n) is 6.87. The molecule has 0 amide bonds. The van der Waals surface area contributed by atoms with E-state index in [1.807, 2.05) is 49.5 Å². The Labute approximate surface area is 225 Å². The molecule has 0 bridgehead atoms. The minimum Gasteiger partial charge on any atom is -0.389 e. The van der Waals surface area contributed by atoms with Gasteiger partial charge >= 0.3 is 0 Å². The van der Waals surface area contributed by atoms with E-state index in [9.17, 15) is 10.4 Å². The topological polar surface area (TPSA) is 133 Å². The summed E-state index contributed by atoms with van der Waals surface area (Å²) in [6, 6.07) is 15.3. The second-order valence-electron chi connectivity index (χ2n) is 10.1. The highest BCUT2D eigenvalue weighted by Gasteiger charge is 2.22. The highest BCUT2D eigenvalue weighted by atomic mass is 16.3. The number of aliphatic hydroxyl groups is 1. The van der Waals surface area contributed by atoms with Crippen molar-refractivity contribution < 1.29 is 5.11 Å². The van der Waals surface area contributed by atoms with Gasteiger partial charge in [0.15, 0.2) is 17.3 Å². The van der Waals surface area contributed by atoms with Crippen LogP contribution in [-0.4, -0.2) is 57.7 Å². The molecule has 1 saturated heterocycles. The summed E-state index contributed by atoms with van der Waals surface area (Å²) in [4.78, 5) is 7.20. The van der Waals surface area contributed by atoms with Crippen LogP contribution in [0, 0.1) is 24.2 Å². The fourth-order valence-corrected chi connectivity index (χ4v) is 4.95. The Morgan fingerprint density at radius 2 is 2.00 bits per heavy atom. The molecule has 0 saturated carbocycles. The predicted octanol–water partition coefficient (Wildman–Crippen LogP) is 3.80. The van der Waals surface area contributed by atoms with Crippen LogP contribution in [0.3, 0.4) is 0 Å².